The molecule has 1 heterocycles. The third-order valence-electron chi connectivity index (χ3n) is 12.7. The molecule has 2 nitrogen and oxygen atoms in total. The molecule has 61 heavy (non-hydrogen) atoms. The number of fused-ring (bicyclic) bond motifs is 8. The second kappa shape index (κ2) is 14.1. The van der Waals surface area contributed by atoms with Crippen LogP contribution in [-0.4, -0.2) is 0 Å². The fourth-order valence-electron chi connectivity index (χ4n) is 10.1. The number of hydrogen-bond acceptors (Lipinski definition) is 2. The van der Waals surface area contributed by atoms with Crippen molar-refractivity contribution in [3.63, 3.8) is 0 Å². The van der Waals surface area contributed by atoms with Gasteiger partial charge in [0.1, 0.15) is 11.2 Å². The van der Waals surface area contributed by atoms with E-state index in [0.717, 1.165) is 60.9 Å². The van der Waals surface area contributed by atoms with Crippen LogP contribution in [0.15, 0.2) is 241 Å². The van der Waals surface area contributed by atoms with E-state index in [1.807, 2.05) is 0 Å². The zero-order valence-corrected chi connectivity index (χ0v) is 33.4. The molecule has 1 aromatic heterocycles. The Morgan fingerprint density at radius 1 is 0.344 bits per heavy atom. The van der Waals surface area contributed by atoms with E-state index >= 15 is 0 Å². The predicted molar refractivity (Wildman–Crippen MR) is 254 cm³/mol. The third-order valence-corrected chi connectivity index (χ3v) is 12.7. The Bertz CT molecular complexity index is 3350. The summed E-state index contributed by atoms with van der Waals surface area (Å²) in [6, 6.07) is 85.8. The molecule has 0 fully saturated rings. The van der Waals surface area contributed by atoms with E-state index in [1.165, 1.54) is 44.5 Å². The molecule has 0 N–H and O–H groups in total. The first-order valence-corrected chi connectivity index (χ1v) is 21.0. The van der Waals surface area contributed by atoms with E-state index in [0.29, 0.717) is 0 Å². The normalized spacial score (nSPS) is 12.7. The molecule has 286 valence electrons. The number of rotatable bonds is 7. The van der Waals surface area contributed by atoms with Crippen molar-refractivity contribution < 1.29 is 4.42 Å². The summed E-state index contributed by atoms with van der Waals surface area (Å²) in [7, 11) is 0. The molecule has 0 aliphatic heterocycles. The van der Waals surface area contributed by atoms with Crippen LogP contribution in [0.5, 0.6) is 0 Å². The highest BCUT2D eigenvalue weighted by molar-refractivity contribution is 6.22. The zero-order valence-electron chi connectivity index (χ0n) is 33.4. The second-order valence-electron chi connectivity index (χ2n) is 16.0. The molecule has 0 saturated heterocycles. The van der Waals surface area contributed by atoms with Gasteiger partial charge in [-0.25, -0.2) is 0 Å². The summed E-state index contributed by atoms with van der Waals surface area (Å²) < 4.78 is 6.94. The topological polar surface area (TPSA) is 16.4 Å². The van der Waals surface area contributed by atoms with E-state index in [-0.39, 0.29) is 0 Å². The molecule has 1 aliphatic rings. The minimum Gasteiger partial charge on any atom is -0.455 e. The number of para-hydroxylation sites is 1. The Kier molecular flexibility index (Phi) is 8.11. The van der Waals surface area contributed by atoms with E-state index in [9.17, 15) is 0 Å². The van der Waals surface area contributed by atoms with Gasteiger partial charge in [-0.2, -0.15) is 0 Å². The van der Waals surface area contributed by atoms with Crippen LogP contribution in [0.4, 0.5) is 17.1 Å². The van der Waals surface area contributed by atoms with Gasteiger partial charge in [-0.3, -0.25) is 0 Å². The molecule has 0 spiro atoms. The molecule has 0 unspecified atom stereocenters. The van der Waals surface area contributed by atoms with Crippen LogP contribution in [-0.2, 0) is 5.41 Å². The summed E-state index contributed by atoms with van der Waals surface area (Å²) in [6.07, 6.45) is 0. The van der Waals surface area contributed by atoms with Crippen LogP contribution in [0.3, 0.4) is 0 Å². The molecular weight excluding hydrogens is 739 g/mol. The Hall–Kier alpha value is -7.94. The molecular formula is C59H39NO. The first-order valence-electron chi connectivity index (χ1n) is 21.0. The van der Waals surface area contributed by atoms with E-state index in [1.54, 1.807) is 0 Å². The van der Waals surface area contributed by atoms with Gasteiger partial charge in [-0.05, 0) is 98.1 Å². The second-order valence-corrected chi connectivity index (χ2v) is 16.0. The molecule has 0 radical (unpaired) electrons. The van der Waals surface area contributed by atoms with Crippen molar-refractivity contribution in [2.24, 2.45) is 0 Å². The van der Waals surface area contributed by atoms with Crippen LogP contribution in [0.2, 0.25) is 0 Å². The highest BCUT2D eigenvalue weighted by Crippen LogP contribution is 2.57. The number of furan rings is 1. The minimum atomic E-state index is -0.494. The Balaban J connectivity index is 1.10. The number of hydrogen-bond donors (Lipinski definition) is 0. The summed E-state index contributed by atoms with van der Waals surface area (Å²) in [6.45, 7) is 0. The van der Waals surface area contributed by atoms with Gasteiger partial charge in [-0.15, -0.1) is 0 Å². The first kappa shape index (κ1) is 35.0. The van der Waals surface area contributed by atoms with Gasteiger partial charge < -0.3 is 9.32 Å². The summed E-state index contributed by atoms with van der Waals surface area (Å²) in [5, 5.41) is 4.40. The molecule has 12 rings (SSSR count). The van der Waals surface area contributed by atoms with Gasteiger partial charge in [0.25, 0.3) is 0 Å². The Labute approximate surface area is 355 Å². The van der Waals surface area contributed by atoms with Gasteiger partial charge in [-0.1, -0.05) is 194 Å². The molecule has 1 aliphatic carbocycles. The monoisotopic (exact) mass is 777 g/mol. The van der Waals surface area contributed by atoms with Crippen molar-refractivity contribution >= 4 is 49.8 Å². The Morgan fingerprint density at radius 2 is 0.885 bits per heavy atom. The van der Waals surface area contributed by atoms with Crippen LogP contribution < -0.4 is 4.90 Å². The zero-order chi connectivity index (χ0) is 40.3. The number of benzene rings is 10. The number of anilines is 3. The van der Waals surface area contributed by atoms with Crippen LogP contribution in [0.1, 0.15) is 22.3 Å². The maximum Gasteiger partial charge on any atom is 0.143 e. The van der Waals surface area contributed by atoms with Crippen molar-refractivity contribution in [2.45, 2.75) is 5.41 Å². The number of nitrogens with zero attached hydrogens (tertiary/aromatic N) is 1. The average Bonchev–Trinajstić information content (AvgIpc) is 3.87. The van der Waals surface area contributed by atoms with Gasteiger partial charge in [0.2, 0.25) is 0 Å². The first-order chi connectivity index (χ1) is 30.3. The third kappa shape index (κ3) is 5.43. The molecule has 10 aromatic carbocycles. The predicted octanol–water partition coefficient (Wildman–Crippen LogP) is 15.9. The van der Waals surface area contributed by atoms with E-state index in [4.69, 9.17) is 4.42 Å². The SMILES string of the molecule is c1ccc(-c2ccc(N(c3ccccc3)c3cc4c(oc5cccc(-c6ccc7c(c6)C(c6ccccc6)(c6ccccc6)c6ccccc6-7)c54)c4ccccc34)cc2)cc1. The summed E-state index contributed by atoms with van der Waals surface area (Å²) in [5.74, 6) is 0. The highest BCUT2D eigenvalue weighted by atomic mass is 16.3. The lowest BCUT2D eigenvalue weighted by atomic mass is 9.67. The molecule has 0 bridgehead atoms. The average molecular weight is 778 g/mol. The van der Waals surface area contributed by atoms with Crippen molar-refractivity contribution in [2.75, 3.05) is 4.90 Å². The van der Waals surface area contributed by atoms with Gasteiger partial charge in [0, 0.05) is 32.9 Å². The fourth-order valence-corrected chi connectivity index (χ4v) is 10.1. The summed E-state index contributed by atoms with van der Waals surface area (Å²) in [4.78, 5) is 2.39. The van der Waals surface area contributed by atoms with Crippen LogP contribution >= 0.6 is 0 Å². The van der Waals surface area contributed by atoms with Gasteiger partial charge in [0.15, 0.2) is 0 Å². The largest absolute Gasteiger partial charge is 0.455 e. The fraction of sp³-hybridized carbons (Fsp3) is 0.0169. The molecule has 0 saturated carbocycles. The summed E-state index contributed by atoms with van der Waals surface area (Å²) >= 11 is 0. The lowest BCUT2D eigenvalue weighted by Crippen LogP contribution is -2.28. The minimum absolute atomic E-state index is 0.494. The van der Waals surface area contributed by atoms with Crippen LogP contribution in [0.25, 0.3) is 66.1 Å². The maximum absolute atomic E-state index is 6.94. The van der Waals surface area contributed by atoms with Crippen molar-refractivity contribution in [1.82, 2.24) is 0 Å². The lowest BCUT2D eigenvalue weighted by molar-refractivity contribution is 0.673. The smallest absolute Gasteiger partial charge is 0.143 e. The van der Waals surface area contributed by atoms with Gasteiger partial charge >= 0.3 is 0 Å². The molecule has 11 aromatic rings. The van der Waals surface area contributed by atoms with Crippen LogP contribution in [0, 0.1) is 0 Å². The van der Waals surface area contributed by atoms with Crippen molar-refractivity contribution in [3.05, 3.63) is 259 Å². The van der Waals surface area contributed by atoms with Crippen molar-refractivity contribution in [3.8, 4) is 33.4 Å². The Morgan fingerprint density at radius 3 is 1.61 bits per heavy atom. The summed E-state index contributed by atoms with van der Waals surface area (Å²) in [5.41, 5.74) is 16.9. The quantitative estimate of drug-likeness (QED) is 0.160. The molecule has 0 amide bonds. The van der Waals surface area contributed by atoms with E-state index < -0.39 is 5.41 Å². The standard InChI is InChI=1S/C59H39NO/c1-5-18-40(19-6-1)41-32-35-46(36-33-41)60(45-24-11-4-12-25-45)55-39-52-57-47(29-17-31-56(57)61-58(52)51-28-14-13-27-50(51)55)42-34-37-49-48-26-15-16-30-53(48)59(54(49)38-42,43-20-7-2-8-21-43)44-22-9-3-10-23-44/h1-39H. The van der Waals surface area contributed by atoms with Gasteiger partial charge in [0.05, 0.1) is 11.1 Å². The lowest BCUT2D eigenvalue weighted by Gasteiger charge is -2.34. The van der Waals surface area contributed by atoms with E-state index in [2.05, 4.69) is 241 Å². The highest BCUT2D eigenvalue weighted by Gasteiger charge is 2.46. The maximum atomic E-state index is 6.94. The molecule has 2 heteroatoms. The molecule has 0 atom stereocenters. The van der Waals surface area contributed by atoms with Crippen molar-refractivity contribution in [1.29, 1.82) is 0 Å².